The zero-order chi connectivity index (χ0) is 21.7. The van der Waals surface area contributed by atoms with E-state index in [1.54, 1.807) is 30.9 Å². The topological polar surface area (TPSA) is 86.8 Å². The van der Waals surface area contributed by atoms with Gasteiger partial charge in [-0.1, -0.05) is 32.0 Å². The molecule has 2 aromatic rings. The standard InChI is InChI=1S/C22H27N3O4S/c1-3-24(4-2)30(28,29)20-8-5-7-18(15-20)22(27)23-16-17-10-12-19(13-11-17)25-14-6-9-21(25)26/h5,7-8,10-13,15H,3-4,6,9,14,16H2,1-2H3,(H,23,27). The Morgan fingerprint density at radius 1 is 1.10 bits per heavy atom. The van der Waals surface area contributed by atoms with E-state index in [9.17, 15) is 18.0 Å². The van der Waals surface area contributed by atoms with Crippen molar-refractivity contribution in [1.82, 2.24) is 9.62 Å². The van der Waals surface area contributed by atoms with Gasteiger partial charge in [0.05, 0.1) is 4.90 Å². The van der Waals surface area contributed by atoms with E-state index in [1.807, 2.05) is 24.3 Å². The van der Waals surface area contributed by atoms with E-state index in [2.05, 4.69) is 5.32 Å². The van der Waals surface area contributed by atoms with Crippen molar-refractivity contribution in [2.45, 2.75) is 38.1 Å². The largest absolute Gasteiger partial charge is 0.348 e. The lowest BCUT2D eigenvalue weighted by Gasteiger charge is -2.18. The minimum absolute atomic E-state index is 0.110. The molecule has 0 aromatic heterocycles. The van der Waals surface area contributed by atoms with Crippen LogP contribution in [-0.2, 0) is 21.4 Å². The lowest BCUT2D eigenvalue weighted by Crippen LogP contribution is -2.31. The first-order valence-corrected chi connectivity index (χ1v) is 11.6. The number of sulfonamides is 1. The summed E-state index contributed by atoms with van der Waals surface area (Å²) in [6.45, 7) is 5.34. The van der Waals surface area contributed by atoms with Crippen molar-refractivity contribution in [3.05, 3.63) is 59.7 Å². The van der Waals surface area contributed by atoms with Crippen LogP contribution in [0, 0.1) is 0 Å². The Labute approximate surface area is 177 Å². The van der Waals surface area contributed by atoms with Gasteiger partial charge in [0.15, 0.2) is 0 Å². The summed E-state index contributed by atoms with van der Waals surface area (Å²) in [5, 5.41) is 2.82. The number of hydrogen-bond acceptors (Lipinski definition) is 4. The predicted molar refractivity (Wildman–Crippen MR) is 116 cm³/mol. The molecular weight excluding hydrogens is 402 g/mol. The molecule has 1 aliphatic heterocycles. The molecule has 0 radical (unpaired) electrons. The van der Waals surface area contributed by atoms with Crippen molar-refractivity contribution in [2.24, 2.45) is 0 Å². The fraction of sp³-hybridized carbons (Fsp3) is 0.364. The van der Waals surface area contributed by atoms with Crippen LogP contribution in [-0.4, -0.2) is 44.2 Å². The molecule has 0 aliphatic carbocycles. The number of carbonyl (C=O) groups is 2. The molecule has 0 bridgehead atoms. The van der Waals surface area contributed by atoms with E-state index in [0.29, 0.717) is 31.6 Å². The summed E-state index contributed by atoms with van der Waals surface area (Å²) in [6, 6.07) is 13.6. The molecule has 1 fully saturated rings. The van der Waals surface area contributed by atoms with Crippen LogP contribution in [0.1, 0.15) is 42.6 Å². The quantitative estimate of drug-likeness (QED) is 0.699. The lowest BCUT2D eigenvalue weighted by atomic mass is 10.1. The third-order valence-corrected chi connectivity index (χ3v) is 7.26. The number of carbonyl (C=O) groups excluding carboxylic acids is 2. The lowest BCUT2D eigenvalue weighted by molar-refractivity contribution is -0.117. The molecule has 0 unspecified atom stereocenters. The third kappa shape index (κ3) is 4.71. The minimum atomic E-state index is -3.62. The Hall–Kier alpha value is -2.71. The van der Waals surface area contributed by atoms with Crippen molar-refractivity contribution < 1.29 is 18.0 Å². The molecule has 0 saturated carbocycles. The molecule has 7 nitrogen and oxygen atoms in total. The Balaban J connectivity index is 1.66. The maximum Gasteiger partial charge on any atom is 0.251 e. The normalized spacial score (nSPS) is 14.4. The highest BCUT2D eigenvalue weighted by Gasteiger charge is 2.23. The highest BCUT2D eigenvalue weighted by molar-refractivity contribution is 7.89. The molecular formula is C22H27N3O4S. The molecule has 3 rings (SSSR count). The van der Waals surface area contributed by atoms with Gasteiger partial charge in [0.2, 0.25) is 15.9 Å². The summed E-state index contributed by atoms with van der Waals surface area (Å²) in [5.41, 5.74) is 2.05. The molecule has 1 heterocycles. The molecule has 2 aromatic carbocycles. The second-order valence-corrected chi connectivity index (χ2v) is 9.05. The number of nitrogens with one attached hydrogen (secondary N) is 1. The van der Waals surface area contributed by atoms with E-state index >= 15 is 0 Å². The van der Waals surface area contributed by atoms with Crippen molar-refractivity contribution >= 4 is 27.5 Å². The Morgan fingerprint density at radius 3 is 2.40 bits per heavy atom. The molecule has 1 aliphatic rings. The molecule has 8 heteroatoms. The molecule has 0 spiro atoms. The fourth-order valence-electron chi connectivity index (χ4n) is 3.51. The van der Waals surface area contributed by atoms with Crippen LogP contribution in [0.25, 0.3) is 0 Å². The first-order valence-electron chi connectivity index (χ1n) is 10.1. The fourth-order valence-corrected chi connectivity index (χ4v) is 5.01. The number of benzene rings is 2. The van der Waals surface area contributed by atoms with E-state index in [4.69, 9.17) is 0 Å². The molecule has 2 amide bonds. The van der Waals surface area contributed by atoms with Gasteiger partial charge in [-0.25, -0.2) is 8.42 Å². The second-order valence-electron chi connectivity index (χ2n) is 7.12. The highest BCUT2D eigenvalue weighted by atomic mass is 32.2. The minimum Gasteiger partial charge on any atom is -0.348 e. The maximum absolute atomic E-state index is 12.7. The number of hydrogen-bond donors (Lipinski definition) is 1. The van der Waals surface area contributed by atoms with Crippen LogP contribution in [0.3, 0.4) is 0 Å². The number of rotatable bonds is 8. The summed E-state index contributed by atoms with van der Waals surface area (Å²) < 4.78 is 26.7. The predicted octanol–water partition coefficient (Wildman–Crippen LogP) is 2.77. The Bertz CT molecular complexity index is 1010. The summed E-state index contributed by atoms with van der Waals surface area (Å²) in [5.74, 6) is -0.207. The van der Waals surface area contributed by atoms with Crippen molar-refractivity contribution in [2.75, 3.05) is 24.5 Å². The highest BCUT2D eigenvalue weighted by Crippen LogP contribution is 2.22. The third-order valence-electron chi connectivity index (χ3n) is 5.21. The molecule has 160 valence electrons. The number of nitrogens with zero attached hydrogens (tertiary/aromatic N) is 2. The van der Waals surface area contributed by atoms with Crippen LogP contribution < -0.4 is 10.2 Å². The average Bonchev–Trinajstić information content (AvgIpc) is 3.19. The van der Waals surface area contributed by atoms with Gasteiger partial charge in [0.1, 0.15) is 0 Å². The van der Waals surface area contributed by atoms with Gasteiger partial charge < -0.3 is 10.2 Å². The summed E-state index contributed by atoms with van der Waals surface area (Å²) in [7, 11) is -3.62. The number of amides is 2. The van der Waals surface area contributed by atoms with Gasteiger partial charge in [-0.3, -0.25) is 9.59 Å². The van der Waals surface area contributed by atoms with Gasteiger partial charge in [-0.2, -0.15) is 4.31 Å². The molecule has 1 N–H and O–H groups in total. The van der Waals surface area contributed by atoms with Crippen LogP contribution in [0.2, 0.25) is 0 Å². The zero-order valence-electron chi connectivity index (χ0n) is 17.3. The van der Waals surface area contributed by atoms with Crippen LogP contribution in [0.4, 0.5) is 5.69 Å². The maximum atomic E-state index is 12.7. The smallest absolute Gasteiger partial charge is 0.251 e. The monoisotopic (exact) mass is 429 g/mol. The van der Waals surface area contributed by atoms with E-state index in [1.165, 1.54) is 16.4 Å². The summed E-state index contributed by atoms with van der Waals surface area (Å²) >= 11 is 0. The number of anilines is 1. The molecule has 0 atom stereocenters. The SMILES string of the molecule is CCN(CC)S(=O)(=O)c1cccc(C(=O)NCc2ccc(N3CCCC3=O)cc2)c1. The van der Waals surface area contributed by atoms with Gasteiger partial charge in [0, 0.05) is 43.9 Å². The first kappa shape index (κ1) is 22.0. The summed E-state index contributed by atoms with van der Waals surface area (Å²) in [6.07, 6.45) is 1.46. The van der Waals surface area contributed by atoms with E-state index in [-0.39, 0.29) is 16.7 Å². The molecule has 1 saturated heterocycles. The Kier molecular flexibility index (Phi) is 6.89. The van der Waals surface area contributed by atoms with Crippen LogP contribution in [0.5, 0.6) is 0 Å². The zero-order valence-corrected chi connectivity index (χ0v) is 18.1. The van der Waals surface area contributed by atoms with Gasteiger partial charge in [0.25, 0.3) is 5.91 Å². The second kappa shape index (κ2) is 9.40. The average molecular weight is 430 g/mol. The first-order chi connectivity index (χ1) is 14.4. The van der Waals surface area contributed by atoms with Crippen LogP contribution in [0.15, 0.2) is 53.4 Å². The van der Waals surface area contributed by atoms with Crippen molar-refractivity contribution in [3.8, 4) is 0 Å². The van der Waals surface area contributed by atoms with Crippen molar-refractivity contribution in [1.29, 1.82) is 0 Å². The van der Waals surface area contributed by atoms with E-state index in [0.717, 1.165) is 24.2 Å². The van der Waals surface area contributed by atoms with Gasteiger partial charge in [-0.15, -0.1) is 0 Å². The summed E-state index contributed by atoms with van der Waals surface area (Å²) in [4.78, 5) is 26.3. The Morgan fingerprint density at radius 2 is 1.80 bits per heavy atom. The van der Waals surface area contributed by atoms with Gasteiger partial charge >= 0.3 is 0 Å². The van der Waals surface area contributed by atoms with Crippen molar-refractivity contribution in [3.63, 3.8) is 0 Å². The molecule has 30 heavy (non-hydrogen) atoms. The van der Waals surface area contributed by atoms with E-state index < -0.39 is 10.0 Å². The van der Waals surface area contributed by atoms with Crippen LogP contribution >= 0.6 is 0 Å². The van der Waals surface area contributed by atoms with Gasteiger partial charge in [-0.05, 0) is 42.3 Å².